The third-order valence-corrected chi connectivity index (χ3v) is 5.13. The first-order valence-corrected chi connectivity index (χ1v) is 8.30. The summed E-state index contributed by atoms with van der Waals surface area (Å²) in [5.74, 6) is 0.490. The van der Waals surface area contributed by atoms with Gasteiger partial charge in [0.25, 0.3) is 0 Å². The molecule has 0 aromatic heterocycles. The molecule has 0 heterocycles. The third-order valence-electron chi connectivity index (χ3n) is 3.73. The highest BCUT2D eigenvalue weighted by molar-refractivity contribution is 7.89. The van der Waals surface area contributed by atoms with Gasteiger partial charge >= 0.3 is 0 Å². The van der Waals surface area contributed by atoms with E-state index < -0.39 is 15.6 Å². The van der Waals surface area contributed by atoms with Gasteiger partial charge in [-0.15, -0.1) is 0 Å². The van der Waals surface area contributed by atoms with E-state index in [4.69, 9.17) is 4.74 Å². The second kappa shape index (κ2) is 6.11. The third kappa shape index (κ3) is 3.71. The normalized spacial score (nSPS) is 18.7. The molecule has 1 aliphatic rings. The number of hydrogen-bond donors (Lipinski definition) is 2. The summed E-state index contributed by atoms with van der Waals surface area (Å²) in [6, 6.07) is 6.29. The number of ether oxygens (including phenoxy) is 1. The monoisotopic (exact) mass is 299 g/mol. The van der Waals surface area contributed by atoms with E-state index in [1.54, 1.807) is 12.1 Å². The number of hydrogen-bond acceptors (Lipinski definition) is 4. The molecular weight excluding hydrogens is 278 g/mol. The lowest BCUT2D eigenvalue weighted by Gasteiger charge is -2.32. The molecule has 0 saturated heterocycles. The topological polar surface area (TPSA) is 75.6 Å². The fourth-order valence-corrected chi connectivity index (χ4v) is 3.62. The van der Waals surface area contributed by atoms with Crippen molar-refractivity contribution in [3.63, 3.8) is 0 Å². The Morgan fingerprint density at radius 1 is 1.30 bits per heavy atom. The first kappa shape index (κ1) is 15.3. The van der Waals surface area contributed by atoms with E-state index in [9.17, 15) is 13.5 Å². The summed E-state index contributed by atoms with van der Waals surface area (Å²) in [7, 11) is -2.13. The van der Waals surface area contributed by atoms with Crippen molar-refractivity contribution in [3.05, 3.63) is 24.3 Å². The molecule has 1 aromatic carbocycles. The average Bonchev–Trinajstić information content (AvgIpc) is 2.46. The van der Waals surface area contributed by atoms with E-state index in [-0.39, 0.29) is 11.4 Å². The molecule has 0 radical (unpaired) electrons. The Bertz CT molecular complexity index is 550. The summed E-state index contributed by atoms with van der Waals surface area (Å²) in [6.07, 6.45) is 4.28. The summed E-state index contributed by atoms with van der Waals surface area (Å²) >= 11 is 0. The van der Waals surface area contributed by atoms with Crippen molar-refractivity contribution in [1.82, 2.24) is 4.72 Å². The molecule has 1 saturated carbocycles. The average molecular weight is 299 g/mol. The highest BCUT2D eigenvalue weighted by Gasteiger charge is 2.30. The van der Waals surface area contributed by atoms with Crippen LogP contribution in [0.15, 0.2) is 29.2 Å². The van der Waals surface area contributed by atoms with Gasteiger partial charge in [0.15, 0.2) is 0 Å². The summed E-state index contributed by atoms with van der Waals surface area (Å²) in [5, 5.41) is 10.3. The smallest absolute Gasteiger partial charge is 0.240 e. The van der Waals surface area contributed by atoms with Crippen LogP contribution in [0.3, 0.4) is 0 Å². The number of sulfonamides is 1. The van der Waals surface area contributed by atoms with Gasteiger partial charge in [0.2, 0.25) is 10.0 Å². The summed E-state index contributed by atoms with van der Waals surface area (Å²) < 4.78 is 31.9. The second-order valence-corrected chi connectivity index (χ2v) is 7.06. The van der Waals surface area contributed by atoms with Crippen molar-refractivity contribution in [1.29, 1.82) is 0 Å². The Morgan fingerprint density at radius 3 is 2.65 bits per heavy atom. The molecule has 2 N–H and O–H groups in total. The zero-order valence-electron chi connectivity index (χ0n) is 11.6. The van der Waals surface area contributed by atoms with Crippen molar-refractivity contribution in [2.24, 2.45) is 0 Å². The summed E-state index contributed by atoms with van der Waals surface area (Å²) in [6.45, 7) is 0.0620. The molecule has 0 bridgehead atoms. The van der Waals surface area contributed by atoms with Crippen LogP contribution in [0.1, 0.15) is 32.1 Å². The lowest BCUT2D eigenvalue weighted by Crippen LogP contribution is -2.44. The van der Waals surface area contributed by atoms with Gasteiger partial charge < -0.3 is 9.84 Å². The Morgan fingerprint density at radius 2 is 2.00 bits per heavy atom. The minimum atomic E-state index is -3.62. The molecule has 2 rings (SSSR count). The molecule has 112 valence electrons. The van der Waals surface area contributed by atoms with Crippen LogP contribution in [-0.2, 0) is 10.0 Å². The van der Waals surface area contributed by atoms with Crippen LogP contribution in [0.2, 0.25) is 0 Å². The Balaban J connectivity index is 2.06. The van der Waals surface area contributed by atoms with Gasteiger partial charge in [-0.3, -0.25) is 0 Å². The lowest BCUT2D eigenvalue weighted by atomic mass is 9.85. The number of nitrogens with one attached hydrogen (secondary N) is 1. The molecule has 1 aliphatic carbocycles. The van der Waals surface area contributed by atoms with E-state index in [2.05, 4.69) is 4.72 Å². The summed E-state index contributed by atoms with van der Waals surface area (Å²) in [5.41, 5.74) is -0.913. The van der Waals surface area contributed by atoms with Gasteiger partial charge in [0, 0.05) is 12.6 Å². The van der Waals surface area contributed by atoms with E-state index in [0.717, 1.165) is 19.3 Å². The van der Waals surface area contributed by atoms with E-state index in [1.165, 1.54) is 19.2 Å². The SMILES string of the molecule is COc1cccc(S(=O)(=O)NCC2(O)CCCCC2)c1. The van der Waals surface area contributed by atoms with Gasteiger partial charge in [-0.05, 0) is 25.0 Å². The molecule has 0 amide bonds. The zero-order valence-corrected chi connectivity index (χ0v) is 12.4. The first-order valence-electron chi connectivity index (χ1n) is 6.81. The minimum Gasteiger partial charge on any atom is -0.497 e. The van der Waals surface area contributed by atoms with Crippen LogP contribution in [0.4, 0.5) is 0 Å². The predicted octanol–water partition coefficient (Wildman–Crippen LogP) is 1.67. The van der Waals surface area contributed by atoms with Crippen molar-refractivity contribution < 1.29 is 18.3 Å². The molecule has 20 heavy (non-hydrogen) atoms. The van der Waals surface area contributed by atoms with Gasteiger partial charge in [0.05, 0.1) is 17.6 Å². The van der Waals surface area contributed by atoms with Crippen molar-refractivity contribution in [2.75, 3.05) is 13.7 Å². The second-order valence-electron chi connectivity index (χ2n) is 5.29. The molecule has 0 unspecified atom stereocenters. The van der Waals surface area contributed by atoms with Gasteiger partial charge in [0.1, 0.15) is 5.75 Å². The highest BCUT2D eigenvalue weighted by atomic mass is 32.2. The molecule has 6 heteroatoms. The standard InChI is InChI=1S/C14H21NO4S/c1-19-12-6-5-7-13(10-12)20(17,18)15-11-14(16)8-3-2-4-9-14/h5-7,10,15-16H,2-4,8-9,11H2,1H3. The fourth-order valence-electron chi connectivity index (χ4n) is 2.47. The van der Waals surface area contributed by atoms with Gasteiger partial charge in [-0.1, -0.05) is 25.3 Å². The minimum absolute atomic E-state index is 0.0620. The molecule has 0 atom stereocenters. The van der Waals surface area contributed by atoms with Crippen LogP contribution < -0.4 is 9.46 Å². The number of methoxy groups -OCH3 is 1. The van der Waals surface area contributed by atoms with Crippen LogP contribution in [0, 0.1) is 0 Å². The largest absolute Gasteiger partial charge is 0.497 e. The number of benzene rings is 1. The quantitative estimate of drug-likeness (QED) is 0.867. The Kier molecular flexibility index (Phi) is 4.67. The Labute approximate surface area is 120 Å². The molecule has 1 aromatic rings. The number of rotatable bonds is 5. The van der Waals surface area contributed by atoms with Crippen molar-refractivity contribution in [3.8, 4) is 5.75 Å². The van der Waals surface area contributed by atoms with Gasteiger partial charge in [-0.25, -0.2) is 13.1 Å². The maximum atomic E-state index is 12.2. The predicted molar refractivity (Wildman–Crippen MR) is 76.2 cm³/mol. The van der Waals surface area contributed by atoms with E-state index in [1.807, 2.05) is 0 Å². The van der Waals surface area contributed by atoms with Crippen molar-refractivity contribution in [2.45, 2.75) is 42.6 Å². The van der Waals surface area contributed by atoms with Crippen molar-refractivity contribution >= 4 is 10.0 Å². The van der Waals surface area contributed by atoms with Crippen LogP contribution in [-0.4, -0.2) is 32.8 Å². The zero-order chi connectivity index (χ0) is 14.6. The maximum absolute atomic E-state index is 12.2. The molecule has 5 nitrogen and oxygen atoms in total. The van der Waals surface area contributed by atoms with Crippen LogP contribution >= 0.6 is 0 Å². The highest BCUT2D eigenvalue weighted by Crippen LogP contribution is 2.27. The molecule has 1 fully saturated rings. The number of aliphatic hydroxyl groups is 1. The molecule has 0 aliphatic heterocycles. The summed E-state index contributed by atoms with van der Waals surface area (Å²) in [4.78, 5) is 0.149. The molecule has 0 spiro atoms. The fraction of sp³-hybridized carbons (Fsp3) is 0.571. The van der Waals surface area contributed by atoms with Gasteiger partial charge in [-0.2, -0.15) is 0 Å². The van der Waals surface area contributed by atoms with E-state index in [0.29, 0.717) is 18.6 Å². The molecular formula is C14H21NO4S. The Hall–Kier alpha value is -1.11. The van der Waals surface area contributed by atoms with Crippen LogP contribution in [0.25, 0.3) is 0 Å². The maximum Gasteiger partial charge on any atom is 0.240 e. The first-order chi connectivity index (χ1) is 9.45. The van der Waals surface area contributed by atoms with E-state index >= 15 is 0 Å². The lowest BCUT2D eigenvalue weighted by molar-refractivity contribution is 0.00945. The van der Waals surface area contributed by atoms with Crippen LogP contribution in [0.5, 0.6) is 5.75 Å².